The second-order valence-corrected chi connectivity index (χ2v) is 8.22. The normalized spacial score (nSPS) is 7.20. The zero-order valence-electron chi connectivity index (χ0n) is 3.79. The van der Waals surface area contributed by atoms with Crippen LogP contribution in [0.3, 0.4) is 0 Å². The van der Waals surface area contributed by atoms with Crippen LogP contribution in [0.15, 0.2) is 0 Å². The zero-order chi connectivity index (χ0) is 3.58. The molecule has 0 fully saturated rings. The Kier molecular flexibility index (Phi) is 10.1. The first-order valence-corrected chi connectivity index (χ1v) is 8.22. The van der Waals surface area contributed by atoms with Gasteiger partial charge in [0.05, 0.1) is 0 Å². The molecule has 0 bridgehead atoms. The standard InChI is InChI=1S/C3H9Te.BrH/c1-4(2)3;/h1-3H3;1H/q+1;/p-1. The first-order chi connectivity index (χ1) is 1.73. The van der Waals surface area contributed by atoms with Crippen molar-refractivity contribution in [1.29, 1.82) is 0 Å². The Labute approximate surface area is 51.4 Å². The van der Waals surface area contributed by atoms with Crippen molar-refractivity contribution >= 4 is 19.6 Å². The Bertz CT molecular complexity index is 11.6. The number of hydrogen-bond acceptors (Lipinski definition) is 0. The van der Waals surface area contributed by atoms with Gasteiger partial charge in [-0.3, -0.25) is 0 Å². The number of hydrogen-bond donors (Lipinski definition) is 0. The molecule has 0 aromatic rings. The Hall–Kier alpha value is 1.27. The number of halogens is 1. The van der Waals surface area contributed by atoms with Gasteiger partial charge in [0.2, 0.25) is 0 Å². The predicted octanol–water partition coefficient (Wildman–Crippen LogP) is -1.63. The van der Waals surface area contributed by atoms with Crippen LogP contribution in [-0.4, -0.2) is 19.6 Å². The summed E-state index contributed by atoms with van der Waals surface area (Å²) in [5.74, 6) is 0. The van der Waals surface area contributed by atoms with E-state index in [1.807, 2.05) is 0 Å². The molecule has 0 amide bonds. The van der Waals surface area contributed by atoms with Gasteiger partial charge >= 0.3 is 34.5 Å². The zero-order valence-corrected chi connectivity index (χ0v) is 7.70. The Morgan fingerprint density at radius 3 is 1.00 bits per heavy atom. The molecule has 0 radical (unpaired) electrons. The third-order valence-corrected chi connectivity index (χ3v) is 0. The molecule has 2 heteroatoms. The van der Waals surface area contributed by atoms with E-state index in [1.165, 1.54) is 0 Å². The minimum Gasteiger partial charge on any atom is -1.00 e. The molecule has 0 aliphatic heterocycles. The summed E-state index contributed by atoms with van der Waals surface area (Å²) in [5.41, 5.74) is 0. The van der Waals surface area contributed by atoms with Crippen LogP contribution >= 0.6 is 0 Å². The second kappa shape index (κ2) is 5.27. The Morgan fingerprint density at radius 2 is 1.00 bits per heavy atom. The molecule has 0 saturated carbocycles. The van der Waals surface area contributed by atoms with Crippen molar-refractivity contribution in [2.45, 2.75) is 14.9 Å². The maximum atomic E-state index is 2.34. The average molecular weight is 253 g/mol. The molecule has 0 aromatic heterocycles. The van der Waals surface area contributed by atoms with Gasteiger partial charge in [-0.1, -0.05) is 0 Å². The maximum Gasteiger partial charge on any atom is -1.00 e. The molecule has 0 N–H and O–H groups in total. The van der Waals surface area contributed by atoms with Crippen LogP contribution in [0, 0.1) is 0 Å². The van der Waals surface area contributed by atoms with Gasteiger partial charge in [0.1, 0.15) is 0 Å². The van der Waals surface area contributed by atoms with Crippen molar-refractivity contribution in [2.75, 3.05) is 0 Å². The third-order valence-electron chi connectivity index (χ3n) is 0. The summed E-state index contributed by atoms with van der Waals surface area (Å²) >= 11 is -0.357. The minimum absolute atomic E-state index is 0. The fourth-order valence-electron chi connectivity index (χ4n) is 0. The van der Waals surface area contributed by atoms with Gasteiger partial charge in [-0.2, -0.15) is 0 Å². The summed E-state index contributed by atoms with van der Waals surface area (Å²) in [6.07, 6.45) is 0. The molecule has 0 atom stereocenters. The molecular weight excluding hydrogens is 244 g/mol. The summed E-state index contributed by atoms with van der Waals surface area (Å²) < 4.78 is 0. The van der Waals surface area contributed by atoms with Crippen LogP contribution in [0.25, 0.3) is 0 Å². The summed E-state index contributed by atoms with van der Waals surface area (Å²) in [6.45, 7) is 0. The van der Waals surface area contributed by atoms with Crippen LogP contribution in [0.4, 0.5) is 0 Å². The summed E-state index contributed by atoms with van der Waals surface area (Å²) in [4.78, 5) is 7.01. The largest absolute Gasteiger partial charge is 1.00 e. The monoisotopic (exact) mass is 254 g/mol. The molecule has 0 unspecified atom stereocenters. The van der Waals surface area contributed by atoms with Crippen LogP contribution < -0.4 is 17.0 Å². The second-order valence-electron chi connectivity index (χ2n) is 1.22. The molecule has 0 aliphatic rings. The average Bonchev–Trinajstić information content (AvgIpc) is 0.811. The van der Waals surface area contributed by atoms with E-state index < -0.39 is 0 Å². The van der Waals surface area contributed by atoms with E-state index >= 15 is 0 Å². The molecule has 0 spiro atoms. The summed E-state index contributed by atoms with van der Waals surface area (Å²) in [5, 5.41) is 0. The van der Waals surface area contributed by atoms with Gasteiger partial charge in [-0.25, -0.2) is 0 Å². The molecule has 0 aliphatic carbocycles. The fraction of sp³-hybridized carbons (Fsp3) is 1.00. The molecule has 0 heterocycles. The predicted molar refractivity (Wildman–Crippen MR) is 23.3 cm³/mol. The third kappa shape index (κ3) is 34.9. The van der Waals surface area contributed by atoms with Gasteiger partial charge in [0.25, 0.3) is 0 Å². The Balaban J connectivity index is 0. The van der Waals surface area contributed by atoms with Crippen molar-refractivity contribution in [1.82, 2.24) is 0 Å². The van der Waals surface area contributed by atoms with Crippen molar-refractivity contribution in [3.63, 3.8) is 0 Å². The van der Waals surface area contributed by atoms with Crippen molar-refractivity contribution < 1.29 is 17.0 Å². The van der Waals surface area contributed by atoms with E-state index in [1.54, 1.807) is 0 Å². The molecule has 0 aromatic carbocycles. The van der Waals surface area contributed by atoms with Crippen LogP contribution in [-0.2, 0) is 0 Å². The van der Waals surface area contributed by atoms with E-state index in [4.69, 9.17) is 0 Å². The minimum atomic E-state index is -0.357. The maximum absolute atomic E-state index is 2.34. The quantitative estimate of drug-likeness (QED) is 0.455. The van der Waals surface area contributed by atoms with E-state index in [0.29, 0.717) is 0 Å². The Morgan fingerprint density at radius 1 is 1.00 bits per heavy atom. The van der Waals surface area contributed by atoms with Crippen molar-refractivity contribution in [3.8, 4) is 0 Å². The van der Waals surface area contributed by atoms with Crippen molar-refractivity contribution in [3.05, 3.63) is 0 Å². The van der Waals surface area contributed by atoms with Gasteiger partial charge in [-0.15, -0.1) is 0 Å². The fourth-order valence-corrected chi connectivity index (χ4v) is 0. The van der Waals surface area contributed by atoms with Crippen molar-refractivity contribution in [2.24, 2.45) is 0 Å². The van der Waals surface area contributed by atoms with Gasteiger partial charge < -0.3 is 17.0 Å². The van der Waals surface area contributed by atoms with E-state index in [0.717, 1.165) is 0 Å². The smallest absolute Gasteiger partial charge is 1.00 e. The first kappa shape index (κ1) is 9.55. The van der Waals surface area contributed by atoms with Crippen LogP contribution in [0.5, 0.6) is 0 Å². The molecule has 5 heavy (non-hydrogen) atoms. The first-order valence-electron chi connectivity index (χ1n) is 1.22. The van der Waals surface area contributed by atoms with Crippen LogP contribution in [0.1, 0.15) is 0 Å². The van der Waals surface area contributed by atoms with Gasteiger partial charge in [0.15, 0.2) is 0 Å². The summed E-state index contributed by atoms with van der Waals surface area (Å²) in [6, 6.07) is 0. The van der Waals surface area contributed by atoms with Crippen LogP contribution in [0.2, 0.25) is 14.9 Å². The SMILES string of the molecule is C[Te+](C)C.[Br-]. The summed E-state index contributed by atoms with van der Waals surface area (Å²) in [7, 11) is 0. The molecule has 0 rings (SSSR count). The molecular formula is C3H9BrTe. The topological polar surface area (TPSA) is 0 Å². The molecule has 0 saturated heterocycles. The molecule has 34 valence electrons. The van der Waals surface area contributed by atoms with E-state index in [2.05, 4.69) is 14.9 Å². The van der Waals surface area contributed by atoms with Gasteiger partial charge in [0, 0.05) is 0 Å². The van der Waals surface area contributed by atoms with E-state index in [-0.39, 0.29) is 36.5 Å². The number of rotatable bonds is 0. The van der Waals surface area contributed by atoms with E-state index in [9.17, 15) is 0 Å². The van der Waals surface area contributed by atoms with Gasteiger partial charge in [-0.05, 0) is 0 Å². The molecule has 0 nitrogen and oxygen atoms in total.